The first-order chi connectivity index (χ1) is 8.09. The lowest BCUT2D eigenvalue weighted by atomic mass is 10.2. The normalized spacial score (nSPS) is 25.4. The number of hydrogen-bond acceptors (Lipinski definition) is 4. The Labute approximate surface area is 103 Å². The lowest BCUT2D eigenvalue weighted by molar-refractivity contribution is 0.159. The van der Waals surface area contributed by atoms with E-state index in [-0.39, 0.29) is 11.3 Å². The predicted molar refractivity (Wildman–Crippen MR) is 64.8 cm³/mol. The lowest BCUT2D eigenvalue weighted by Gasteiger charge is -2.36. The Balaban J connectivity index is 1.92. The Kier molecular flexibility index (Phi) is 3.71. The van der Waals surface area contributed by atoms with Crippen LogP contribution in [0, 0.1) is 11.3 Å². The second-order valence-corrected chi connectivity index (χ2v) is 6.95. The Morgan fingerprint density at radius 1 is 1.29 bits per heavy atom. The third-order valence-corrected chi connectivity index (χ3v) is 5.95. The molecule has 0 aromatic carbocycles. The van der Waals surface area contributed by atoms with Crippen molar-refractivity contribution >= 4 is 10.0 Å². The summed E-state index contributed by atoms with van der Waals surface area (Å²) in [5, 5.41) is 8.86. The highest BCUT2D eigenvalue weighted by atomic mass is 32.2. The highest BCUT2D eigenvalue weighted by Gasteiger charge is 2.41. The first kappa shape index (κ1) is 12.8. The summed E-state index contributed by atoms with van der Waals surface area (Å²) in [4.78, 5) is 2.08. The van der Waals surface area contributed by atoms with Gasteiger partial charge in [-0.05, 0) is 19.3 Å². The van der Waals surface area contributed by atoms with Crippen molar-refractivity contribution in [1.29, 1.82) is 5.26 Å². The van der Waals surface area contributed by atoms with Gasteiger partial charge < -0.3 is 0 Å². The van der Waals surface area contributed by atoms with Gasteiger partial charge in [0.1, 0.15) is 0 Å². The van der Waals surface area contributed by atoms with Crippen LogP contribution in [0.2, 0.25) is 0 Å². The first-order valence-corrected chi connectivity index (χ1v) is 7.72. The van der Waals surface area contributed by atoms with Gasteiger partial charge in [-0.15, -0.1) is 0 Å². The molecule has 0 bridgehead atoms. The third kappa shape index (κ3) is 2.62. The molecule has 1 saturated heterocycles. The molecule has 1 saturated carbocycles. The molecule has 2 rings (SSSR count). The molecule has 0 radical (unpaired) electrons. The maximum absolute atomic E-state index is 12.0. The van der Waals surface area contributed by atoms with Gasteiger partial charge in [0.2, 0.25) is 10.0 Å². The molecule has 1 atom stereocenters. The standard InChI is InChI=1S/C11H19N3O2S/c1-2-10(9-12)13-5-7-14(8-6-13)17(15,16)11-3-4-11/h10-11H,2-8H2,1H3. The molecule has 2 fully saturated rings. The van der Waals surface area contributed by atoms with E-state index in [2.05, 4.69) is 11.0 Å². The summed E-state index contributed by atoms with van der Waals surface area (Å²) in [6.07, 6.45) is 2.43. The molecule has 0 aromatic rings. The number of nitrogens with zero attached hydrogens (tertiary/aromatic N) is 3. The Bertz CT molecular complexity index is 403. The minimum atomic E-state index is -3.03. The van der Waals surface area contributed by atoms with Crippen LogP contribution in [0.1, 0.15) is 26.2 Å². The van der Waals surface area contributed by atoms with Gasteiger partial charge in [-0.25, -0.2) is 8.42 Å². The minimum Gasteiger partial charge on any atom is -0.285 e. The highest BCUT2D eigenvalue weighted by molar-refractivity contribution is 7.90. The van der Waals surface area contributed by atoms with Gasteiger partial charge >= 0.3 is 0 Å². The van der Waals surface area contributed by atoms with Crippen molar-refractivity contribution < 1.29 is 8.42 Å². The van der Waals surface area contributed by atoms with Crippen LogP contribution >= 0.6 is 0 Å². The molecule has 1 heterocycles. The molecule has 17 heavy (non-hydrogen) atoms. The Morgan fingerprint density at radius 2 is 1.88 bits per heavy atom. The zero-order chi connectivity index (χ0) is 12.5. The zero-order valence-electron chi connectivity index (χ0n) is 10.2. The number of piperazine rings is 1. The van der Waals surface area contributed by atoms with Crippen molar-refractivity contribution in [3.63, 3.8) is 0 Å². The molecule has 6 heteroatoms. The van der Waals surface area contributed by atoms with E-state index in [1.54, 1.807) is 4.31 Å². The van der Waals surface area contributed by atoms with Crippen molar-refractivity contribution in [3.8, 4) is 6.07 Å². The van der Waals surface area contributed by atoms with Gasteiger partial charge in [0.25, 0.3) is 0 Å². The highest BCUT2D eigenvalue weighted by Crippen LogP contribution is 2.31. The quantitative estimate of drug-likeness (QED) is 0.731. The average Bonchev–Trinajstić information content (AvgIpc) is 3.15. The lowest BCUT2D eigenvalue weighted by Crippen LogP contribution is -2.52. The summed E-state index contributed by atoms with van der Waals surface area (Å²) in [5.74, 6) is 0. The SMILES string of the molecule is CCC(C#N)N1CCN(S(=O)(=O)C2CC2)CC1. The monoisotopic (exact) mass is 257 g/mol. The van der Waals surface area contributed by atoms with E-state index in [0.717, 1.165) is 19.3 Å². The van der Waals surface area contributed by atoms with E-state index in [9.17, 15) is 8.42 Å². The van der Waals surface area contributed by atoms with Crippen LogP contribution in [-0.2, 0) is 10.0 Å². The van der Waals surface area contributed by atoms with E-state index < -0.39 is 10.0 Å². The summed E-state index contributed by atoms with van der Waals surface area (Å²) in [7, 11) is -3.03. The van der Waals surface area contributed by atoms with Crippen LogP contribution in [0.5, 0.6) is 0 Å². The fourth-order valence-electron chi connectivity index (χ4n) is 2.28. The maximum Gasteiger partial charge on any atom is 0.217 e. The number of nitriles is 1. The molecule has 1 unspecified atom stereocenters. The number of hydrogen-bond donors (Lipinski definition) is 0. The molecule has 0 aromatic heterocycles. The van der Waals surface area contributed by atoms with Crippen LogP contribution in [0.4, 0.5) is 0 Å². The van der Waals surface area contributed by atoms with Gasteiger partial charge in [0.05, 0.1) is 17.4 Å². The molecule has 2 aliphatic rings. The van der Waals surface area contributed by atoms with E-state index in [0.29, 0.717) is 26.2 Å². The third-order valence-electron chi connectivity index (χ3n) is 3.56. The largest absolute Gasteiger partial charge is 0.285 e. The molecule has 1 aliphatic carbocycles. The second kappa shape index (κ2) is 4.92. The fourth-order valence-corrected chi connectivity index (χ4v) is 4.10. The van der Waals surface area contributed by atoms with Gasteiger partial charge in [-0.1, -0.05) is 6.92 Å². The molecule has 96 valence electrons. The predicted octanol–water partition coefficient (Wildman–Crippen LogP) is 0.398. The van der Waals surface area contributed by atoms with Gasteiger partial charge in [-0.3, -0.25) is 4.90 Å². The molecule has 0 amide bonds. The van der Waals surface area contributed by atoms with Crippen LogP contribution in [-0.4, -0.2) is 55.1 Å². The minimum absolute atomic E-state index is 0.0687. The average molecular weight is 257 g/mol. The smallest absolute Gasteiger partial charge is 0.217 e. The van der Waals surface area contributed by atoms with E-state index in [1.165, 1.54) is 0 Å². The molecular weight excluding hydrogens is 238 g/mol. The Morgan fingerprint density at radius 3 is 2.29 bits per heavy atom. The van der Waals surface area contributed by atoms with Crippen LogP contribution < -0.4 is 0 Å². The second-order valence-electron chi connectivity index (χ2n) is 4.73. The summed E-state index contributed by atoms with van der Waals surface area (Å²) >= 11 is 0. The molecule has 1 aliphatic heterocycles. The molecule has 5 nitrogen and oxygen atoms in total. The van der Waals surface area contributed by atoms with Gasteiger partial charge in [0, 0.05) is 26.2 Å². The van der Waals surface area contributed by atoms with Crippen LogP contribution in [0.3, 0.4) is 0 Å². The van der Waals surface area contributed by atoms with Crippen LogP contribution in [0.15, 0.2) is 0 Å². The van der Waals surface area contributed by atoms with E-state index >= 15 is 0 Å². The van der Waals surface area contributed by atoms with Gasteiger partial charge in [-0.2, -0.15) is 9.57 Å². The molecular formula is C11H19N3O2S. The first-order valence-electron chi connectivity index (χ1n) is 6.22. The van der Waals surface area contributed by atoms with Crippen molar-refractivity contribution in [1.82, 2.24) is 9.21 Å². The van der Waals surface area contributed by atoms with E-state index in [4.69, 9.17) is 5.26 Å². The summed E-state index contributed by atoms with van der Waals surface area (Å²) < 4.78 is 25.6. The number of rotatable bonds is 4. The molecule has 0 spiro atoms. The summed E-state index contributed by atoms with van der Waals surface area (Å²) in [6.45, 7) is 4.42. The molecule has 0 N–H and O–H groups in total. The van der Waals surface area contributed by atoms with E-state index in [1.807, 2.05) is 6.92 Å². The van der Waals surface area contributed by atoms with Crippen molar-refractivity contribution in [3.05, 3.63) is 0 Å². The Hall–Kier alpha value is -0.640. The van der Waals surface area contributed by atoms with Gasteiger partial charge in [0.15, 0.2) is 0 Å². The summed E-state index contributed by atoms with van der Waals surface area (Å²) in [5.41, 5.74) is 0. The van der Waals surface area contributed by atoms with Crippen molar-refractivity contribution in [2.75, 3.05) is 26.2 Å². The van der Waals surface area contributed by atoms with Crippen molar-refractivity contribution in [2.45, 2.75) is 37.5 Å². The van der Waals surface area contributed by atoms with Crippen LogP contribution in [0.25, 0.3) is 0 Å². The summed E-state index contributed by atoms with van der Waals surface area (Å²) in [6, 6.07) is 2.20. The maximum atomic E-state index is 12.0. The van der Waals surface area contributed by atoms with Crippen molar-refractivity contribution in [2.24, 2.45) is 0 Å². The fraction of sp³-hybridized carbons (Fsp3) is 0.909. The zero-order valence-corrected chi connectivity index (χ0v) is 11.0. The number of sulfonamides is 1. The topological polar surface area (TPSA) is 64.4 Å².